The summed E-state index contributed by atoms with van der Waals surface area (Å²) in [5.74, 6) is -0.422. The van der Waals surface area contributed by atoms with Crippen LogP contribution in [0.25, 0.3) is 0 Å². The lowest BCUT2D eigenvalue weighted by Crippen LogP contribution is -2.53. The fraction of sp³-hybridized carbons (Fsp3) is 0.933. The van der Waals surface area contributed by atoms with Gasteiger partial charge in [-0.05, 0) is 58.7 Å². The third-order valence-electron chi connectivity index (χ3n) is 5.04. The molecule has 0 spiro atoms. The molecule has 1 saturated carbocycles. The second kappa shape index (κ2) is 7.25. The van der Waals surface area contributed by atoms with Crippen LogP contribution in [0, 0.1) is 5.92 Å². The number of rotatable bonds is 8. The number of aliphatic carboxylic acids is 1. The zero-order valence-electron chi connectivity index (χ0n) is 12.9. The zero-order chi connectivity index (χ0) is 14.5. The first-order chi connectivity index (χ1) is 9.01. The minimum absolute atomic E-state index is 0.256. The molecule has 1 fully saturated rings. The number of carbonyl (C=O) groups is 1. The van der Waals surface area contributed by atoms with E-state index in [0.29, 0.717) is 6.04 Å². The van der Waals surface area contributed by atoms with Crippen LogP contribution in [0.1, 0.15) is 52.4 Å². The highest BCUT2D eigenvalue weighted by Gasteiger charge is 2.47. The summed E-state index contributed by atoms with van der Waals surface area (Å²) in [6.45, 7) is 5.43. The maximum atomic E-state index is 11.6. The molecule has 0 aromatic heterocycles. The van der Waals surface area contributed by atoms with Crippen LogP contribution in [0.2, 0.25) is 0 Å². The molecule has 112 valence electrons. The lowest BCUT2D eigenvalue weighted by Gasteiger charge is -2.33. The molecule has 0 aromatic carbocycles. The maximum absolute atomic E-state index is 11.6. The Labute approximate surface area is 117 Å². The standard InChI is InChI=1S/C15H30N2O2/c1-5-13(6-2)17(4)11-9-12-8-7-10-15(12,16-3)14(18)19/h12-13,16H,5-11H2,1-4H3,(H,18,19). The van der Waals surface area contributed by atoms with Crippen LogP contribution < -0.4 is 5.32 Å². The quantitative estimate of drug-likeness (QED) is 0.711. The van der Waals surface area contributed by atoms with Gasteiger partial charge in [0.05, 0.1) is 0 Å². The van der Waals surface area contributed by atoms with Gasteiger partial charge in [0.1, 0.15) is 5.54 Å². The van der Waals surface area contributed by atoms with Crippen molar-refractivity contribution in [1.29, 1.82) is 0 Å². The van der Waals surface area contributed by atoms with Crippen LogP contribution in [0.15, 0.2) is 0 Å². The van der Waals surface area contributed by atoms with E-state index in [2.05, 4.69) is 31.1 Å². The largest absolute Gasteiger partial charge is 0.480 e. The summed E-state index contributed by atoms with van der Waals surface area (Å²) in [5.41, 5.74) is -0.686. The molecule has 0 amide bonds. The molecule has 0 aliphatic heterocycles. The van der Waals surface area contributed by atoms with Crippen LogP contribution in [-0.4, -0.2) is 48.2 Å². The fourth-order valence-electron chi connectivity index (χ4n) is 3.64. The Kier molecular flexibility index (Phi) is 6.27. The first-order valence-corrected chi connectivity index (χ1v) is 7.64. The summed E-state index contributed by atoms with van der Waals surface area (Å²) in [5, 5.41) is 12.6. The van der Waals surface area contributed by atoms with E-state index >= 15 is 0 Å². The van der Waals surface area contributed by atoms with Crippen molar-refractivity contribution in [1.82, 2.24) is 10.2 Å². The summed E-state index contributed by atoms with van der Waals surface area (Å²) < 4.78 is 0. The highest BCUT2D eigenvalue weighted by molar-refractivity contribution is 5.79. The summed E-state index contributed by atoms with van der Waals surface area (Å²) in [7, 11) is 3.95. The van der Waals surface area contributed by atoms with Crippen LogP contribution in [-0.2, 0) is 4.79 Å². The molecular formula is C15H30N2O2. The third kappa shape index (κ3) is 3.48. The Morgan fingerprint density at radius 1 is 1.47 bits per heavy atom. The molecule has 0 radical (unpaired) electrons. The molecule has 0 saturated heterocycles. The highest BCUT2D eigenvalue weighted by atomic mass is 16.4. The first-order valence-electron chi connectivity index (χ1n) is 7.64. The van der Waals surface area contributed by atoms with E-state index < -0.39 is 11.5 Å². The van der Waals surface area contributed by atoms with Crippen LogP contribution >= 0.6 is 0 Å². The Bertz CT molecular complexity index is 292. The average Bonchev–Trinajstić information content (AvgIpc) is 2.81. The molecular weight excluding hydrogens is 240 g/mol. The van der Waals surface area contributed by atoms with Gasteiger partial charge in [0, 0.05) is 6.04 Å². The molecule has 0 aromatic rings. The van der Waals surface area contributed by atoms with Crippen molar-refractivity contribution in [2.24, 2.45) is 5.92 Å². The Hall–Kier alpha value is -0.610. The van der Waals surface area contributed by atoms with Crippen molar-refractivity contribution < 1.29 is 9.90 Å². The maximum Gasteiger partial charge on any atom is 0.324 e. The number of nitrogens with zero attached hydrogens (tertiary/aromatic N) is 1. The van der Waals surface area contributed by atoms with Gasteiger partial charge in [-0.2, -0.15) is 0 Å². The van der Waals surface area contributed by atoms with Crippen LogP contribution in [0.3, 0.4) is 0 Å². The number of nitrogens with one attached hydrogen (secondary N) is 1. The van der Waals surface area contributed by atoms with Gasteiger partial charge < -0.3 is 15.3 Å². The van der Waals surface area contributed by atoms with Gasteiger partial charge in [-0.25, -0.2) is 0 Å². The Morgan fingerprint density at radius 3 is 2.58 bits per heavy atom. The Morgan fingerprint density at radius 2 is 2.11 bits per heavy atom. The minimum Gasteiger partial charge on any atom is -0.480 e. The number of likely N-dealkylation sites (N-methyl/N-ethyl adjacent to an activating group) is 1. The van der Waals surface area contributed by atoms with Gasteiger partial charge in [0.15, 0.2) is 0 Å². The Balaban J connectivity index is 2.59. The van der Waals surface area contributed by atoms with E-state index in [1.54, 1.807) is 7.05 Å². The summed E-state index contributed by atoms with van der Waals surface area (Å²) in [6.07, 6.45) is 6.11. The van der Waals surface area contributed by atoms with E-state index in [0.717, 1.165) is 45.1 Å². The molecule has 1 rings (SSSR count). The molecule has 1 aliphatic rings. The summed E-state index contributed by atoms with van der Waals surface area (Å²) in [6, 6.07) is 0.621. The molecule has 2 unspecified atom stereocenters. The van der Waals surface area contributed by atoms with Gasteiger partial charge in [-0.1, -0.05) is 20.3 Å². The molecule has 0 heterocycles. The number of carboxylic acid groups (broad SMARTS) is 1. The number of hydrogen-bond donors (Lipinski definition) is 2. The first kappa shape index (κ1) is 16.4. The van der Waals surface area contributed by atoms with Gasteiger partial charge in [-0.15, -0.1) is 0 Å². The zero-order valence-corrected chi connectivity index (χ0v) is 12.9. The minimum atomic E-state index is -0.686. The van der Waals surface area contributed by atoms with Crippen molar-refractivity contribution in [2.45, 2.75) is 64.0 Å². The molecule has 0 bridgehead atoms. The second-order valence-corrected chi connectivity index (χ2v) is 5.86. The highest BCUT2D eigenvalue weighted by Crippen LogP contribution is 2.38. The van der Waals surface area contributed by atoms with Gasteiger partial charge in [0.25, 0.3) is 0 Å². The van der Waals surface area contributed by atoms with Gasteiger partial charge in [-0.3, -0.25) is 4.79 Å². The van der Waals surface area contributed by atoms with Crippen molar-refractivity contribution in [3.05, 3.63) is 0 Å². The molecule has 2 N–H and O–H groups in total. The molecule has 1 aliphatic carbocycles. The fourth-order valence-corrected chi connectivity index (χ4v) is 3.64. The summed E-state index contributed by atoms with van der Waals surface area (Å²) in [4.78, 5) is 14.0. The van der Waals surface area contributed by atoms with Crippen molar-refractivity contribution in [2.75, 3.05) is 20.6 Å². The van der Waals surface area contributed by atoms with Gasteiger partial charge in [0.2, 0.25) is 0 Å². The molecule has 4 heteroatoms. The van der Waals surface area contributed by atoms with E-state index in [4.69, 9.17) is 0 Å². The van der Waals surface area contributed by atoms with Crippen molar-refractivity contribution >= 4 is 5.97 Å². The summed E-state index contributed by atoms with van der Waals surface area (Å²) >= 11 is 0. The third-order valence-corrected chi connectivity index (χ3v) is 5.04. The smallest absolute Gasteiger partial charge is 0.324 e. The lowest BCUT2D eigenvalue weighted by molar-refractivity contribution is -0.146. The van der Waals surface area contributed by atoms with E-state index in [-0.39, 0.29) is 5.92 Å². The van der Waals surface area contributed by atoms with E-state index in [1.165, 1.54) is 0 Å². The topological polar surface area (TPSA) is 52.6 Å². The SMILES string of the molecule is CCC(CC)N(C)CCC1CCCC1(NC)C(=O)O. The average molecular weight is 270 g/mol. The monoisotopic (exact) mass is 270 g/mol. The lowest BCUT2D eigenvalue weighted by atomic mass is 9.84. The second-order valence-electron chi connectivity index (χ2n) is 5.86. The van der Waals surface area contributed by atoms with Crippen molar-refractivity contribution in [3.8, 4) is 0 Å². The molecule has 2 atom stereocenters. The molecule has 4 nitrogen and oxygen atoms in total. The number of hydrogen-bond acceptors (Lipinski definition) is 3. The van der Waals surface area contributed by atoms with E-state index in [9.17, 15) is 9.90 Å². The normalized spacial score (nSPS) is 27.4. The molecule has 19 heavy (non-hydrogen) atoms. The predicted octanol–water partition coefficient (Wildman–Crippen LogP) is 2.34. The van der Waals surface area contributed by atoms with Crippen LogP contribution in [0.5, 0.6) is 0 Å². The van der Waals surface area contributed by atoms with E-state index in [1.807, 2.05) is 0 Å². The van der Waals surface area contributed by atoms with Crippen molar-refractivity contribution in [3.63, 3.8) is 0 Å². The number of carboxylic acids is 1. The predicted molar refractivity (Wildman–Crippen MR) is 78.4 cm³/mol. The van der Waals surface area contributed by atoms with Crippen LogP contribution in [0.4, 0.5) is 0 Å². The van der Waals surface area contributed by atoms with Gasteiger partial charge >= 0.3 is 5.97 Å².